The van der Waals surface area contributed by atoms with Gasteiger partial charge >= 0.3 is 0 Å². The van der Waals surface area contributed by atoms with Gasteiger partial charge in [0.15, 0.2) is 5.05 Å². The SMILES string of the molecule is C=C(SCC[N+](=O)[O-])C(=S)OCC. The first-order valence-corrected chi connectivity index (χ1v) is 5.08. The van der Waals surface area contributed by atoms with E-state index in [1.807, 2.05) is 6.92 Å². The van der Waals surface area contributed by atoms with E-state index in [0.29, 0.717) is 22.3 Å². The van der Waals surface area contributed by atoms with Crippen LogP contribution in [0.25, 0.3) is 0 Å². The Kier molecular flexibility index (Phi) is 6.52. The molecule has 0 atom stereocenters. The second-order valence-electron chi connectivity index (χ2n) is 2.05. The Bertz CT molecular complexity index is 218. The van der Waals surface area contributed by atoms with E-state index in [-0.39, 0.29) is 11.5 Å². The summed E-state index contributed by atoms with van der Waals surface area (Å²) in [5.74, 6) is 0.374. The molecule has 0 aliphatic carbocycles. The van der Waals surface area contributed by atoms with Crippen molar-refractivity contribution in [1.29, 1.82) is 0 Å². The summed E-state index contributed by atoms with van der Waals surface area (Å²) in [6.45, 7) is 5.87. The van der Waals surface area contributed by atoms with Gasteiger partial charge in [-0.15, -0.1) is 11.8 Å². The molecule has 4 nitrogen and oxygen atoms in total. The lowest BCUT2D eigenvalue weighted by Gasteiger charge is -2.05. The summed E-state index contributed by atoms with van der Waals surface area (Å²) in [5.41, 5.74) is 0. The summed E-state index contributed by atoms with van der Waals surface area (Å²) in [5, 5.41) is 10.3. The molecule has 0 aliphatic heterocycles. The molecule has 0 unspecified atom stereocenters. The minimum absolute atomic E-state index is 0.0849. The third kappa shape index (κ3) is 6.53. The zero-order chi connectivity index (χ0) is 10.3. The van der Waals surface area contributed by atoms with Gasteiger partial charge < -0.3 is 4.74 Å². The fourth-order valence-electron chi connectivity index (χ4n) is 0.514. The molecule has 0 bridgehead atoms. The van der Waals surface area contributed by atoms with Crippen LogP contribution < -0.4 is 0 Å². The van der Waals surface area contributed by atoms with E-state index >= 15 is 0 Å². The average molecular weight is 221 g/mol. The topological polar surface area (TPSA) is 52.4 Å². The molecule has 0 radical (unpaired) electrons. The molecule has 0 fully saturated rings. The largest absolute Gasteiger partial charge is 0.483 e. The lowest BCUT2D eigenvalue weighted by molar-refractivity contribution is -0.474. The summed E-state index contributed by atoms with van der Waals surface area (Å²) >= 11 is 6.09. The standard InChI is InChI=1S/C7H11NO3S2/c1-3-11-7(12)6(2)13-5-4-8(9)10/h2-5H2,1H3. The molecule has 0 aromatic heterocycles. The molecule has 0 aromatic rings. The van der Waals surface area contributed by atoms with Crippen molar-refractivity contribution >= 4 is 29.0 Å². The number of nitrogens with zero attached hydrogens (tertiary/aromatic N) is 1. The molecule has 0 spiro atoms. The summed E-state index contributed by atoms with van der Waals surface area (Å²) < 4.78 is 5.00. The lowest BCUT2D eigenvalue weighted by atomic mass is 10.7. The number of hydrogen-bond donors (Lipinski definition) is 0. The number of nitro groups is 1. The minimum Gasteiger partial charge on any atom is -0.483 e. The van der Waals surface area contributed by atoms with Crippen molar-refractivity contribution in [3.05, 3.63) is 21.6 Å². The lowest BCUT2D eigenvalue weighted by Crippen LogP contribution is -2.06. The molecule has 74 valence electrons. The fourth-order valence-corrected chi connectivity index (χ4v) is 1.47. The maximum absolute atomic E-state index is 9.97. The average Bonchev–Trinajstić information content (AvgIpc) is 2.04. The van der Waals surface area contributed by atoms with Gasteiger partial charge in [-0.3, -0.25) is 10.1 Å². The second-order valence-corrected chi connectivity index (χ2v) is 3.61. The first-order valence-electron chi connectivity index (χ1n) is 3.68. The summed E-state index contributed by atoms with van der Waals surface area (Å²) in [6.07, 6.45) is 0. The zero-order valence-electron chi connectivity index (χ0n) is 7.32. The predicted octanol–water partition coefficient (Wildman–Crippen LogP) is 1.87. The van der Waals surface area contributed by atoms with E-state index in [2.05, 4.69) is 6.58 Å². The number of hydrogen-bond acceptors (Lipinski definition) is 5. The van der Waals surface area contributed by atoms with Crippen molar-refractivity contribution in [1.82, 2.24) is 0 Å². The highest BCUT2D eigenvalue weighted by Crippen LogP contribution is 2.15. The van der Waals surface area contributed by atoms with E-state index in [0.717, 1.165) is 0 Å². The Morgan fingerprint density at radius 3 is 2.85 bits per heavy atom. The van der Waals surface area contributed by atoms with E-state index < -0.39 is 0 Å². The van der Waals surface area contributed by atoms with Crippen LogP contribution in [0.2, 0.25) is 0 Å². The van der Waals surface area contributed by atoms with Gasteiger partial charge in [0.25, 0.3) is 0 Å². The highest BCUT2D eigenvalue weighted by molar-refractivity contribution is 8.05. The highest BCUT2D eigenvalue weighted by atomic mass is 32.2. The van der Waals surface area contributed by atoms with Crippen LogP contribution in [-0.4, -0.2) is 28.9 Å². The fraction of sp³-hybridized carbons (Fsp3) is 0.571. The van der Waals surface area contributed by atoms with Crippen LogP contribution in [0.3, 0.4) is 0 Å². The van der Waals surface area contributed by atoms with E-state index in [1.54, 1.807) is 0 Å². The minimum atomic E-state index is -0.371. The first kappa shape index (κ1) is 12.4. The van der Waals surface area contributed by atoms with Gasteiger partial charge in [-0.25, -0.2) is 0 Å². The summed E-state index contributed by atoms with van der Waals surface area (Å²) in [7, 11) is 0. The quantitative estimate of drug-likeness (QED) is 0.296. The van der Waals surface area contributed by atoms with Crippen molar-refractivity contribution in [3.8, 4) is 0 Å². The van der Waals surface area contributed by atoms with E-state index in [4.69, 9.17) is 17.0 Å². The van der Waals surface area contributed by atoms with E-state index in [9.17, 15) is 10.1 Å². The Hall–Kier alpha value is -0.620. The van der Waals surface area contributed by atoms with Crippen LogP contribution >= 0.6 is 24.0 Å². The van der Waals surface area contributed by atoms with Crippen LogP contribution in [0.4, 0.5) is 0 Å². The molecule has 0 saturated carbocycles. The molecule has 6 heteroatoms. The summed E-state index contributed by atoms with van der Waals surface area (Å²) in [4.78, 5) is 10.2. The van der Waals surface area contributed by atoms with Crippen LogP contribution in [-0.2, 0) is 4.74 Å². The molecular formula is C7H11NO3S2. The molecule has 0 aromatic carbocycles. The van der Waals surface area contributed by atoms with Crippen LogP contribution in [0.1, 0.15) is 6.92 Å². The van der Waals surface area contributed by atoms with Crippen LogP contribution in [0.5, 0.6) is 0 Å². The molecule has 0 N–H and O–H groups in total. The maximum atomic E-state index is 9.97. The maximum Gasteiger partial charge on any atom is 0.213 e. The van der Waals surface area contributed by atoms with E-state index in [1.165, 1.54) is 11.8 Å². The molecular weight excluding hydrogens is 210 g/mol. The summed E-state index contributed by atoms with van der Waals surface area (Å²) in [6, 6.07) is 0. The Morgan fingerprint density at radius 1 is 1.77 bits per heavy atom. The number of thioether (sulfide) groups is 1. The number of ether oxygens (including phenoxy) is 1. The molecule has 0 saturated heterocycles. The molecule has 0 aliphatic rings. The smallest absolute Gasteiger partial charge is 0.213 e. The molecule has 13 heavy (non-hydrogen) atoms. The third-order valence-electron chi connectivity index (χ3n) is 1.05. The van der Waals surface area contributed by atoms with Crippen LogP contribution in [0.15, 0.2) is 11.5 Å². The Labute approximate surface area is 86.5 Å². The Balaban J connectivity index is 3.62. The van der Waals surface area contributed by atoms with Crippen LogP contribution in [0, 0.1) is 10.1 Å². The number of thiocarbonyl (C=S) groups is 1. The van der Waals surface area contributed by atoms with Crippen molar-refractivity contribution in [2.24, 2.45) is 0 Å². The van der Waals surface area contributed by atoms with Gasteiger partial charge in [0.1, 0.15) is 0 Å². The van der Waals surface area contributed by atoms with Gasteiger partial charge in [-0.05, 0) is 19.1 Å². The van der Waals surface area contributed by atoms with Gasteiger partial charge in [-0.1, -0.05) is 6.58 Å². The van der Waals surface area contributed by atoms with Crippen molar-refractivity contribution in [2.75, 3.05) is 18.9 Å². The van der Waals surface area contributed by atoms with Crippen molar-refractivity contribution < 1.29 is 9.66 Å². The molecule has 0 amide bonds. The van der Waals surface area contributed by atoms with Gasteiger partial charge in [0, 0.05) is 4.92 Å². The molecule has 0 heterocycles. The molecule has 0 rings (SSSR count). The first-order chi connectivity index (χ1) is 6.07. The van der Waals surface area contributed by atoms with Crippen molar-refractivity contribution in [3.63, 3.8) is 0 Å². The zero-order valence-corrected chi connectivity index (χ0v) is 8.95. The third-order valence-corrected chi connectivity index (χ3v) is 2.47. The Morgan fingerprint density at radius 2 is 2.38 bits per heavy atom. The highest BCUT2D eigenvalue weighted by Gasteiger charge is 2.05. The second kappa shape index (κ2) is 6.85. The van der Waals surface area contributed by atoms with Gasteiger partial charge in [0.2, 0.25) is 6.54 Å². The monoisotopic (exact) mass is 221 g/mol. The number of rotatable bonds is 6. The van der Waals surface area contributed by atoms with Gasteiger partial charge in [-0.2, -0.15) is 0 Å². The predicted molar refractivity (Wildman–Crippen MR) is 57.7 cm³/mol. The van der Waals surface area contributed by atoms with Gasteiger partial charge in [0.05, 0.1) is 17.3 Å². The normalized spacial score (nSPS) is 9.31. The van der Waals surface area contributed by atoms with Crippen molar-refractivity contribution in [2.45, 2.75) is 6.92 Å².